The first-order valence-corrected chi connectivity index (χ1v) is 6.01. The average molecular weight is 260 g/mol. The summed E-state index contributed by atoms with van der Waals surface area (Å²) in [4.78, 5) is 11.4. The largest absolute Gasteiger partial charge is 0.415 e. The molecule has 19 heavy (non-hydrogen) atoms. The monoisotopic (exact) mass is 260 g/mol. The van der Waals surface area contributed by atoms with Crippen LogP contribution in [0.1, 0.15) is 28.2 Å². The molecule has 0 fully saturated rings. The van der Waals surface area contributed by atoms with Crippen LogP contribution in [-0.2, 0) is 6.42 Å². The van der Waals surface area contributed by atoms with Crippen LogP contribution in [0.4, 0.5) is 0 Å². The second-order valence-electron chi connectivity index (χ2n) is 4.06. The molecule has 6 heteroatoms. The fourth-order valence-corrected chi connectivity index (χ4v) is 1.74. The summed E-state index contributed by atoms with van der Waals surface area (Å²) in [5.74, 6) is 0.00378. The van der Waals surface area contributed by atoms with Gasteiger partial charge < -0.3 is 15.1 Å². The number of hydrogen-bond acceptors (Lipinski definition) is 5. The molecule has 1 atom stereocenters. The quantitative estimate of drug-likeness (QED) is 0.836. The predicted molar refractivity (Wildman–Crippen MR) is 69.6 cm³/mol. The van der Waals surface area contributed by atoms with Gasteiger partial charge in [-0.2, -0.15) is 0 Å². The first-order chi connectivity index (χ1) is 9.24. The molecule has 2 rings (SSSR count). The molecule has 0 saturated heterocycles. The van der Waals surface area contributed by atoms with E-state index in [0.717, 1.165) is 5.56 Å². The van der Waals surface area contributed by atoms with Crippen molar-refractivity contribution < 1.29 is 9.21 Å². The number of carbonyl (C=O) groups excluding carboxylic acids is 1. The van der Waals surface area contributed by atoms with E-state index in [1.807, 2.05) is 37.4 Å². The van der Waals surface area contributed by atoms with E-state index in [2.05, 4.69) is 20.8 Å². The van der Waals surface area contributed by atoms with Crippen LogP contribution < -0.4 is 10.6 Å². The summed E-state index contributed by atoms with van der Waals surface area (Å²) in [6.07, 6.45) is 0.715. The van der Waals surface area contributed by atoms with E-state index in [4.69, 9.17) is 4.42 Å². The lowest BCUT2D eigenvalue weighted by atomic mass is 10.1. The Morgan fingerprint density at radius 3 is 2.63 bits per heavy atom. The Bertz CT molecular complexity index is 539. The highest BCUT2D eigenvalue weighted by Crippen LogP contribution is 2.16. The number of nitrogens with one attached hydrogen (secondary N) is 2. The minimum atomic E-state index is -0.381. The van der Waals surface area contributed by atoms with Crippen molar-refractivity contribution in [2.75, 3.05) is 14.1 Å². The zero-order valence-corrected chi connectivity index (χ0v) is 10.9. The van der Waals surface area contributed by atoms with Crippen LogP contribution in [0.25, 0.3) is 0 Å². The summed E-state index contributed by atoms with van der Waals surface area (Å²) >= 11 is 0. The van der Waals surface area contributed by atoms with E-state index >= 15 is 0 Å². The standard InChI is InChI=1S/C13H16N4O2/c1-14-10(8-9-6-4-3-5-7-9)12-16-17-13(19-12)11(18)15-2/h3-7,10,14H,8H2,1-2H3,(H,15,18)/t10-/m1/s1. The highest BCUT2D eigenvalue weighted by atomic mass is 16.4. The molecule has 0 aliphatic rings. The molecule has 0 aliphatic carbocycles. The van der Waals surface area contributed by atoms with Gasteiger partial charge in [-0.25, -0.2) is 0 Å². The number of rotatable bonds is 5. The third-order valence-corrected chi connectivity index (χ3v) is 2.79. The molecule has 2 aromatic rings. The Labute approximate surface area is 111 Å². The second kappa shape index (κ2) is 6.10. The van der Waals surface area contributed by atoms with Gasteiger partial charge in [-0.3, -0.25) is 4.79 Å². The summed E-state index contributed by atoms with van der Waals surface area (Å²) in [6.45, 7) is 0. The third-order valence-electron chi connectivity index (χ3n) is 2.79. The normalized spacial score (nSPS) is 12.1. The van der Waals surface area contributed by atoms with Crippen molar-refractivity contribution in [3.63, 3.8) is 0 Å². The van der Waals surface area contributed by atoms with Crippen LogP contribution in [0.15, 0.2) is 34.7 Å². The molecule has 2 N–H and O–H groups in total. The summed E-state index contributed by atoms with van der Waals surface area (Å²) < 4.78 is 5.36. The van der Waals surface area contributed by atoms with E-state index in [1.165, 1.54) is 7.05 Å². The van der Waals surface area contributed by atoms with Crippen molar-refractivity contribution in [1.29, 1.82) is 0 Å². The smallest absolute Gasteiger partial charge is 0.308 e. The molecule has 1 heterocycles. The van der Waals surface area contributed by atoms with Gasteiger partial charge in [0.05, 0.1) is 6.04 Å². The summed E-state index contributed by atoms with van der Waals surface area (Å²) in [5, 5.41) is 13.2. The van der Waals surface area contributed by atoms with Gasteiger partial charge in [0.2, 0.25) is 5.89 Å². The van der Waals surface area contributed by atoms with Crippen LogP contribution in [-0.4, -0.2) is 30.2 Å². The Morgan fingerprint density at radius 2 is 2.00 bits per heavy atom. The van der Waals surface area contributed by atoms with Crippen LogP contribution in [0, 0.1) is 0 Å². The van der Waals surface area contributed by atoms with Crippen molar-refractivity contribution in [2.45, 2.75) is 12.5 Å². The number of aromatic nitrogens is 2. The molecular weight excluding hydrogens is 244 g/mol. The Morgan fingerprint density at radius 1 is 1.26 bits per heavy atom. The van der Waals surface area contributed by atoms with Crippen molar-refractivity contribution in [1.82, 2.24) is 20.8 Å². The maximum atomic E-state index is 11.4. The second-order valence-corrected chi connectivity index (χ2v) is 4.06. The summed E-state index contributed by atoms with van der Waals surface area (Å²) in [7, 11) is 3.34. The minimum absolute atomic E-state index is 0.0224. The molecule has 0 radical (unpaired) electrons. The van der Waals surface area contributed by atoms with E-state index in [9.17, 15) is 4.79 Å². The Kier molecular flexibility index (Phi) is 4.25. The first kappa shape index (κ1) is 13.2. The molecule has 1 amide bonds. The van der Waals surface area contributed by atoms with Crippen molar-refractivity contribution >= 4 is 5.91 Å². The molecule has 6 nitrogen and oxygen atoms in total. The van der Waals surface area contributed by atoms with Gasteiger partial charge in [-0.05, 0) is 19.0 Å². The van der Waals surface area contributed by atoms with Gasteiger partial charge >= 0.3 is 11.8 Å². The van der Waals surface area contributed by atoms with E-state index in [0.29, 0.717) is 12.3 Å². The molecule has 1 aromatic carbocycles. The summed E-state index contributed by atoms with van der Waals surface area (Å²) in [6, 6.07) is 9.86. The zero-order chi connectivity index (χ0) is 13.7. The fourth-order valence-electron chi connectivity index (χ4n) is 1.74. The van der Waals surface area contributed by atoms with Gasteiger partial charge in [0.1, 0.15) is 0 Å². The number of nitrogens with zero attached hydrogens (tertiary/aromatic N) is 2. The van der Waals surface area contributed by atoms with Crippen LogP contribution in [0.3, 0.4) is 0 Å². The van der Waals surface area contributed by atoms with Crippen LogP contribution in [0.5, 0.6) is 0 Å². The maximum Gasteiger partial charge on any atom is 0.308 e. The Balaban J connectivity index is 2.13. The van der Waals surface area contributed by atoms with Gasteiger partial charge in [-0.15, -0.1) is 10.2 Å². The number of benzene rings is 1. The molecule has 0 spiro atoms. The lowest BCUT2D eigenvalue weighted by molar-refractivity contribution is 0.0926. The van der Waals surface area contributed by atoms with E-state index in [-0.39, 0.29) is 17.8 Å². The van der Waals surface area contributed by atoms with Crippen LogP contribution in [0.2, 0.25) is 0 Å². The zero-order valence-electron chi connectivity index (χ0n) is 10.9. The molecule has 0 bridgehead atoms. The van der Waals surface area contributed by atoms with Crippen molar-refractivity contribution in [3.05, 3.63) is 47.7 Å². The highest BCUT2D eigenvalue weighted by Gasteiger charge is 2.20. The van der Waals surface area contributed by atoms with Crippen LogP contribution >= 0.6 is 0 Å². The third kappa shape index (κ3) is 3.17. The van der Waals surface area contributed by atoms with Gasteiger partial charge in [0.25, 0.3) is 0 Å². The van der Waals surface area contributed by atoms with Crippen molar-refractivity contribution in [2.24, 2.45) is 0 Å². The fraction of sp³-hybridized carbons (Fsp3) is 0.308. The topological polar surface area (TPSA) is 80.0 Å². The SMILES string of the molecule is CNC(=O)c1nnc([C@@H](Cc2ccccc2)NC)o1. The molecule has 0 aliphatic heterocycles. The number of carbonyl (C=O) groups is 1. The molecule has 0 unspecified atom stereocenters. The number of likely N-dealkylation sites (N-methyl/N-ethyl adjacent to an activating group) is 1. The molecule has 0 saturated carbocycles. The molecular formula is C13H16N4O2. The summed E-state index contributed by atoms with van der Waals surface area (Å²) in [5.41, 5.74) is 1.15. The lowest BCUT2D eigenvalue weighted by Gasteiger charge is -2.11. The predicted octanol–water partition coefficient (Wildman–Crippen LogP) is 0.932. The van der Waals surface area contributed by atoms with Gasteiger partial charge in [0.15, 0.2) is 0 Å². The first-order valence-electron chi connectivity index (χ1n) is 6.01. The van der Waals surface area contributed by atoms with Gasteiger partial charge in [-0.1, -0.05) is 30.3 Å². The minimum Gasteiger partial charge on any atom is -0.415 e. The lowest BCUT2D eigenvalue weighted by Crippen LogP contribution is -2.19. The number of amides is 1. The highest BCUT2D eigenvalue weighted by molar-refractivity contribution is 5.89. The van der Waals surface area contributed by atoms with E-state index < -0.39 is 0 Å². The Hall–Kier alpha value is -2.21. The molecule has 100 valence electrons. The van der Waals surface area contributed by atoms with Gasteiger partial charge in [0, 0.05) is 7.05 Å². The number of hydrogen-bond donors (Lipinski definition) is 2. The van der Waals surface area contributed by atoms with E-state index in [1.54, 1.807) is 0 Å². The molecule has 1 aromatic heterocycles. The maximum absolute atomic E-state index is 11.4. The average Bonchev–Trinajstić information content (AvgIpc) is 2.94. The van der Waals surface area contributed by atoms with Crippen molar-refractivity contribution in [3.8, 4) is 0 Å².